The molecule has 0 amide bonds. The Bertz CT molecular complexity index is 318. The maximum Gasteiger partial charge on any atom is 0.250 e. The number of benzene rings is 1. The second-order valence-electron chi connectivity index (χ2n) is 2.91. The van der Waals surface area contributed by atoms with Gasteiger partial charge >= 0.3 is 0 Å². The Morgan fingerprint density at radius 3 is 2.69 bits per heavy atom. The third kappa shape index (κ3) is 2.25. The van der Waals surface area contributed by atoms with E-state index in [1.54, 1.807) is 11.8 Å². The topological polar surface area (TPSA) is 21.6 Å². The van der Waals surface area contributed by atoms with Crippen LogP contribution < -0.4 is 0 Å². The van der Waals surface area contributed by atoms with E-state index in [4.69, 9.17) is 4.74 Å². The summed E-state index contributed by atoms with van der Waals surface area (Å²) in [6.45, 7) is 3.61. The van der Waals surface area contributed by atoms with Gasteiger partial charge < -0.3 is 4.74 Å². The minimum Gasteiger partial charge on any atom is -0.471 e. The van der Waals surface area contributed by atoms with Gasteiger partial charge in [0.15, 0.2) is 0 Å². The second-order valence-corrected chi connectivity index (χ2v) is 3.94. The van der Waals surface area contributed by atoms with Crippen molar-refractivity contribution in [3.8, 4) is 0 Å². The summed E-state index contributed by atoms with van der Waals surface area (Å²) in [5, 5.41) is 0.795. The molecular formula is C10H11NOS. The lowest BCUT2D eigenvalue weighted by atomic mass is 10.2. The summed E-state index contributed by atoms with van der Waals surface area (Å²) in [4.78, 5) is 5.40. The number of aliphatic imine (C=N–C) groups is 1. The molecule has 0 aromatic heterocycles. The molecule has 0 atom stereocenters. The van der Waals surface area contributed by atoms with Gasteiger partial charge in [-0.1, -0.05) is 17.7 Å². The summed E-state index contributed by atoms with van der Waals surface area (Å²) in [6.07, 6.45) is 0. The average Bonchev–Trinajstić information content (AvgIpc) is 2.62. The molecule has 0 aliphatic carbocycles. The van der Waals surface area contributed by atoms with Crippen molar-refractivity contribution >= 4 is 17.0 Å². The van der Waals surface area contributed by atoms with Gasteiger partial charge in [0, 0.05) is 4.90 Å². The Hall–Kier alpha value is -0.960. The van der Waals surface area contributed by atoms with Crippen molar-refractivity contribution in [2.75, 3.05) is 13.2 Å². The Morgan fingerprint density at radius 1 is 1.31 bits per heavy atom. The zero-order valence-electron chi connectivity index (χ0n) is 7.49. The van der Waals surface area contributed by atoms with Gasteiger partial charge in [-0.05, 0) is 30.8 Å². The maximum absolute atomic E-state index is 5.30. The summed E-state index contributed by atoms with van der Waals surface area (Å²) in [5.74, 6) is 0. The molecule has 1 aliphatic rings. The van der Waals surface area contributed by atoms with Crippen LogP contribution in [0.5, 0.6) is 0 Å². The average molecular weight is 193 g/mol. The van der Waals surface area contributed by atoms with Crippen LogP contribution in [0.15, 0.2) is 34.2 Å². The molecule has 1 aromatic rings. The van der Waals surface area contributed by atoms with Crippen LogP contribution in [0.2, 0.25) is 0 Å². The molecule has 2 nitrogen and oxygen atoms in total. The lowest BCUT2D eigenvalue weighted by molar-refractivity contribution is 0.356. The van der Waals surface area contributed by atoms with E-state index >= 15 is 0 Å². The predicted molar refractivity (Wildman–Crippen MR) is 55.3 cm³/mol. The molecule has 1 heterocycles. The number of thioether (sulfide) groups is 1. The summed E-state index contributed by atoms with van der Waals surface area (Å²) >= 11 is 1.59. The van der Waals surface area contributed by atoms with Gasteiger partial charge in [-0.3, -0.25) is 0 Å². The molecule has 0 saturated heterocycles. The number of ether oxygens (including phenoxy) is 1. The van der Waals surface area contributed by atoms with E-state index in [2.05, 4.69) is 36.2 Å². The molecule has 3 heteroatoms. The third-order valence-corrected chi connectivity index (χ3v) is 2.71. The largest absolute Gasteiger partial charge is 0.471 e. The zero-order valence-corrected chi connectivity index (χ0v) is 8.30. The normalized spacial score (nSPS) is 15.3. The van der Waals surface area contributed by atoms with E-state index in [0.717, 1.165) is 18.4 Å². The second kappa shape index (κ2) is 3.83. The predicted octanol–water partition coefficient (Wildman–Crippen LogP) is 2.47. The highest BCUT2D eigenvalue weighted by Crippen LogP contribution is 2.22. The lowest BCUT2D eigenvalue weighted by Crippen LogP contribution is -1.92. The molecule has 0 spiro atoms. The third-order valence-electron chi connectivity index (χ3n) is 1.78. The van der Waals surface area contributed by atoms with Crippen molar-refractivity contribution in [1.82, 2.24) is 0 Å². The van der Waals surface area contributed by atoms with Crippen molar-refractivity contribution in [2.24, 2.45) is 4.99 Å². The minimum atomic E-state index is 0.730. The van der Waals surface area contributed by atoms with E-state index in [1.165, 1.54) is 10.5 Å². The Labute approximate surface area is 82.0 Å². The van der Waals surface area contributed by atoms with Gasteiger partial charge in [0.25, 0.3) is 5.23 Å². The Kier molecular flexibility index (Phi) is 2.54. The first-order valence-corrected chi connectivity index (χ1v) is 5.08. The smallest absolute Gasteiger partial charge is 0.250 e. The van der Waals surface area contributed by atoms with E-state index < -0.39 is 0 Å². The highest BCUT2D eigenvalue weighted by atomic mass is 32.2. The molecule has 1 aromatic carbocycles. The van der Waals surface area contributed by atoms with E-state index in [1.807, 2.05) is 0 Å². The summed E-state index contributed by atoms with van der Waals surface area (Å²) in [6, 6.07) is 8.37. The molecule has 68 valence electrons. The molecule has 0 bridgehead atoms. The Balaban J connectivity index is 2.05. The first-order chi connectivity index (χ1) is 6.34. The van der Waals surface area contributed by atoms with Crippen molar-refractivity contribution in [1.29, 1.82) is 0 Å². The van der Waals surface area contributed by atoms with Crippen LogP contribution in [0.25, 0.3) is 0 Å². The molecule has 0 radical (unpaired) electrons. The van der Waals surface area contributed by atoms with Crippen molar-refractivity contribution in [3.63, 3.8) is 0 Å². The van der Waals surface area contributed by atoms with Gasteiger partial charge in [-0.15, -0.1) is 0 Å². The summed E-state index contributed by atoms with van der Waals surface area (Å²) < 4.78 is 5.30. The van der Waals surface area contributed by atoms with Gasteiger partial charge in [-0.2, -0.15) is 0 Å². The molecular weight excluding hydrogens is 182 g/mol. The maximum atomic E-state index is 5.30. The van der Waals surface area contributed by atoms with Crippen LogP contribution in [-0.2, 0) is 4.74 Å². The fourth-order valence-corrected chi connectivity index (χ4v) is 1.86. The standard InChI is InChI=1S/C10H11NOS/c1-8-2-4-9(5-3-8)13-10-11-6-7-12-10/h2-5H,6-7H2,1H3. The van der Waals surface area contributed by atoms with Crippen molar-refractivity contribution in [2.45, 2.75) is 11.8 Å². The minimum absolute atomic E-state index is 0.730. The molecule has 13 heavy (non-hydrogen) atoms. The fraction of sp³-hybridized carbons (Fsp3) is 0.300. The zero-order chi connectivity index (χ0) is 9.10. The van der Waals surface area contributed by atoms with Gasteiger partial charge in [0.2, 0.25) is 0 Å². The number of hydrogen-bond donors (Lipinski definition) is 0. The molecule has 0 N–H and O–H groups in total. The van der Waals surface area contributed by atoms with Crippen molar-refractivity contribution < 1.29 is 4.74 Å². The number of aryl methyl sites for hydroxylation is 1. The first-order valence-electron chi connectivity index (χ1n) is 4.26. The van der Waals surface area contributed by atoms with Gasteiger partial charge in [-0.25, -0.2) is 4.99 Å². The molecule has 2 rings (SSSR count). The van der Waals surface area contributed by atoms with E-state index in [-0.39, 0.29) is 0 Å². The molecule has 0 unspecified atom stereocenters. The molecule has 0 saturated carbocycles. The first kappa shape index (κ1) is 8.63. The van der Waals surface area contributed by atoms with Crippen LogP contribution >= 0.6 is 11.8 Å². The highest BCUT2D eigenvalue weighted by molar-refractivity contribution is 8.13. The highest BCUT2D eigenvalue weighted by Gasteiger charge is 2.08. The van der Waals surface area contributed by atoms with Gasteiger partial charge in [0.05, 0.1) is 6.54 Å². The van der Waals surface area contributed by atoms with Crippen LogP contribution in [0.4, 0.5) is 0 Å². The molecule has 1 aliphatic heterocycles. The van der Waals surface area contributed by atoms with Crippen LogP contribution in [-0.4, -0.2) is 18.4 Å². The van der Waals surface area contributed by atoms with E-state index in [9.17, 15) is 0 Å². The van der Waals surface area contributed by atoms with E-state index in [0.29, 0.717) is 0 Å². The summed E-state index contributed by atoms with van der Waals surface area (Å²) in [5.41, 5.74) is 1.28. The van der Waals surface area contributed by atoms with Crippen LogP contribution in [0.3, 0.4) is 0 Å². The fourth-order valence-electron chi connectivity index (χ4n) is 1.08. The van der Waals surface area contributed by atoms with Crippen LogP contribution in [0, 0.1) is 6.92 Å². The quantitative estimate of drug-likeness (QED) is 0.683. The van der Waals surface area contributed by atoms with Gasteiger partial charge in [0.1, 0.15) is 6.61 Å². The SMILES string of the molecule is Cc1ccc(SC2=NCCO2)cc1. The Morgan fingerprint density at radius 2 is 2.08 bits per heavy atom. The lowest BCUT2D eigenvalue weighted by Gasteiger charge is -2.00. The number of nitrogens with zero attached hydrogens (tertiary/aromatic N) is 1. The molecule has 0 fully saturated rings. The number of hydrogen-bond acceptors (Lipinski definition) is 3. The number of rotatable bonds is 1. The van der Waals surface area contributed by atoms with Crippen molar-refractivity contribution in [3.05, 3.63) is 29.8 Å². The van der Waals surface area contributed by atoms with Crippen LogP contribution in [0.1, 0.15) is 5.56 Å². The summed E-state index contributed by atoms with van der Waals surface area (Å²) in [7, 11) is 0. The monoisotopic (exact) mass is 193 g/mol.